The molecule has 6 aromatic rings. The summed E-state index contributed by atoms with van der Waals surface area (Å²) in [6.45, 7) is 0. The van der Waals surface area contributed by atoms with Gasteiger partial charge in [0.2, 0.25) is 0 Å². The maximum absolute atomic E-state index is 13.0. The average Bonchev–Trinajstić information content (AvgIpc) is 3.21. The normalized spacial score (nSPS) is 12.0. The number of hydrogen-bond acceptors (Lipinski definition) is 5. The third kappa shape index (κ3) is 1.82. The molecule has 3 aromatic carbocycles. The summed E-state index contributed by atoms with van der Waals surface area (Å²) < 4.78 is 14.1. The van der Waals surface area contributed by atoms with E-state index in [4.69, 9.17) is 8.83 Å². The van der Waals surface area contributed by atoms with Crippen LogP contribution in [-0.4, -0.2) is 20.3 Å². The van der Waals surface area contributed by atoms with E-state index in [0.29, 0.717) is 27.5 Å². The van der Waals surface area contributed by atoms with E-state index in [1.54, 1.807) is 48.5 Å². The molecule has 6 rings (SSSR count). The fourth-order valence-corrected chi connectivity index (χ4v) is 4.24. The summed E-state index contributed by atoms with van der Waals surface area (Å²) in [6, 6.07) is 13.7. The summed E-state index contributed by atoms with van der Waals surface area (Å²) in [5, 5.41) is 11.1. The van der Waals surface area contributed by atoms with Crippen molar-refractivity contribution in [3.8, 4) is 0 Å². The fraction of sp³-hybridized carbons (Fsp3) is 0.0455. The Morgan fingerprint density at radius 3 is 2.13 bits per heavy atom. The number of fused-ring (bicyclic) bond motifs is 9. The molecule has 0 aliphatic carbocycles. The standard InChI is InChI=1S/C22H12N2O6/c1-23-20(25)15-14-10-6-2-3-7-11(10)24(22(27)28)17(14)19-18(16(15)21(23)26)29-12-8-4-5-9-13(12)30-19/h2-9H,1H3,(H,27,28). The minimum absolute atomic E-state index is 0.0456. The van der Waals surface area contributed by atoms with Crippen LogP contribution in [0.15, 0.2) is 67.0 Å². The van der Waals surface area contributed by atoms with E-state index in [2.05, 4.69) is 0 Å². The third-order valence-corrected chi connectivity index (χ3v) is 5.52. The van der Waals surface area contributed by atoms with Gasteiger partial charge in [0.1, 0.15) is 10.9 Å². The topological polar surface area (TPSA) is 108 Å². The Balaban J connectivity index is 2.12. The van der Waals surface area contributed by atoms with E-state index in [0.717, 1.165) is 9.13 Å². The maximum atomic E-state index is 13.0. The smallest absolute Gasteiger partial charge is 0.416 e. The van der Waals surface area contributed by atoms with Gasteiger partial charge in [-0.05, 0) is 18.2 Å². The molecule has 0 atom stereocenters. The van der Waals surface area contributed by atoms with E-state index < -0.39 is 17.2 Å². The number of rotatable bonds is 0. The highest BCUT2D eigenvalue weighted by atomic mass is 16.4. The van der Waals surface area contributed by atoms with E-state index in [1.807, 2.05) is 0 Å². The van der Waals surface area contributed by atoms with Gasteiger partial charge in [-0.2, -0.15) is 0 Å². The van der Waals surface area contributed by atoms with Gasteiger partial charge >= 0.3 is 6.09 Å². The fourth-order valence-electron chi connectivity index (χ4n) is 4.24. The quantitative estimate of drug-likeness (QED) is 0.386. The summed E-state index contributed by atoms with van der Waals surface area (Å²) in [4.78, 5) is 38.2. The Bertz CT molecular complexity index is 1830. The van der Waals surface area contributed by atoms with Gasteiger partial charge in [0.05, 0.1) is 10.9 Å². The molecule has 8 heteroatoms. The van der Waals surface area contributed by atoms with Crippen LogP contribution in [0, 0.1) is 0 Å². The molecule has 0 unspecified atom stereocenters. The number of carbonyl (C=O) groups is 1. The molecule has 0 fully saturated rings. The van der Waals surface area contributed by atoms with Crippen molar-refractivity contribution in [2.45, 2.75) is 0 Å². The number of para-hydroxylation sites is 3. The highest BCUT2D eigenvalue weighted by Gasteiger charge is 2.28. The van der Waals surface area contributed by atoms with Crippen molar-refractivity contribution in [3.05, 3.63) is 69.2 Å². The van der Waals surface area contributed by atoms with Crippen LogP contribution in [0.25, 0.3) is 54.9 Å². The third-order valence-electron chi connectivity index (χ3n) is 5.52. The first-order valence-electron chi connectivity index (χ1n) is 9.12. The minimum atomic E-state index is -1.24. The Morgan fingerprint density at radius 2 is 1.43 bits per heavy atom. The van der Waals surface area contributed by atoms with Gasteiger partial charge in [-0.15, -0.1) is 0 Å². The summed E-state index contributed by atoms with van der Waals surface area (Å²) in [5.74, 6) is 0. The summed E-state index contributed by atoms with van der Waals surface area (Å²) in [7, 11) is 1.39. The zero-order valence-electron chi connectivity index (χ0n) is 15.5. The monoisotopic (exact) mass is 400 g/mol. The molecule has 0 radical (unpaired) electrons. The zero-order valence-corrected chi connectivity index (χ0v) is 15.5. The molecule has 0 saturated carbocycles. The Hall–Kier alpha value is -4.33. The number of carboxylic acid groups (broad SMARTS) is 1. The van der Waals surface area contributed by atoms with Crippen LogP contribution in [0.5, 0.6) is 0 Å². The van der Waals surface area contributed by atoms with Crippen molar-refractivity contribution in [3.63, 3.8) is 0 Å². The van der Waals surface area contributed by atoms with Crippen LogP contribution in [0.3, 0.4) is 0 Å². The molecule has 0 amide bonds. The maximum Gasteiger partial charge on any atom is 0.416 e. The predicted molar refractivity (Wildman–Crippen MR) is 111 cm³/mol. The van der Waals surface area contributed by atoms with Gasteiger partial charge < -0.3 is 13.9 Å². The van der Waals surface area contributed by atoms with Gasteiger partial charge in [-0.1, -0.05) is 30.3 Å². The molecule has 0 aliphatic heterocycles. The molecule has 0 spiro atoms. The molecule has 0 saturated heterocycles. The van der Waals surface area contributed by atoms with Gasteiger partial charge in [-0.25, -0.2) is 9.36 Å². The van der Waals surface area contributed by atoms with E-state index in [-0.39, 0.29) is 27.5 Å². The highest BCUT2D eigenvalue weighted by Crippen LogP contribution is 2.40. The molecule has 8 nitrogen and oxygen atoms in total. The van der Waals surface area contributed by atoms with Crippen molar-refractivity contribution < 1.29 is 18.7 Å². The van der Waals surface area contributed by atoms with Gasteiger partial charge in [0, 0.05) is 17.8 Å². The zero-order chi connectivity index (χ0) is 20.7. The first-order valence-corrected chi connectivity index (χ1v) is 9.12. The second-order valence-electron chi connectivity index (χ2n) is 7.09. The molecule has 3 aromatic heterocycles. The van der Waals surface area contributed by atoms with Crippen LogP contribution < -0.4 is 11.1 Å². The van der Waals surface area contributed by atoms with Crippen molar-refractivity contribution in [1.29, 1.82) is 0 Å². The summed E-state index contributed by atoms with van der Waals surface area (Å²) >= 11 is 0. The van der Waals surface area contributed by atoms with E-state index in [9.17, 15) is 19.5 Å². The Labute approximate surface area is 165 Å². The SMILES string of the molecule is Cn1c(=O)c2c3oc4ccccc4oc3c3c(c4ccccc4n3C(=O)O)c2c1=O. The largest absolute Gasteiger partial charge is 0.464 e. The lowest BCUT2D eigenvalue weighted by molar-refractivity contribution is 0.198. The molecule has 1 N–H and O–H groups in total. The number of hydrogen-bond donors (Lipinski definition) is 1. The van der Waals surface area contributed by atoms with Crippen molar-refractivity contribution in [2.24, 2.45) is 7.05 Å². The molecule has 146 valence electrons. The molecule has 0 bridgehead atoms. The van der Waals surface area contributed by atoms with Crippen molar-refractivity contribution in [1.82, 2.24) is 9.13 Å². The van der Waals surface area contributed by atoms with Crippen molar-refractivity contribution >= 4 is 61.0 Å². The van der Waals surface area contributed by atoms with Crippen LogP contribution in [-0.2, 0) is 7.05 Å². The Morgan fingerprint density at radius 1 is 0.833 bits per heavy atom. The van der Waals surface area contributed by atoms with Crippen molar-refractivity contribution in [2.75, 3.05) is 0 Å². The number of benzene rings is 3. The minimum Gasteiger partial charge on any atom is -0.464 e. The van der Waals surface area contributed by atoms with Gasteiger partial charge in [0.15, 0.2) is 22.3 Å². The molecule has 3 heterocycles. The number of nitrogens with zero attached hydrogens (tertiary/aromatic N) is 2. The first kappa shape index (κ1) is 16.6. The van der Waals surface area contributed by atoms with Crippen LogP contribution >= 0.6 is 0 Å². The van der Waals surface area contributed by atoms with E-state index >= 15 is 0 Å². The molecule has 0 aliphatic rings. The second-order valence-corrected chi connectivity index (χ2v) is 7.09. The molecular formula is C22H12N2O6. The van der Waals surface area contributed by atoms with Crippen LogP contribution in [0.2, 0.25) is 0 Å². The van der Waals surface area contributed by atoms with Crippen LogP contribution in [0.1, 0.15) is 0 Å². The predicted octanol–water partition coefficient (Wildman–Crippen LogP) is 4.03. The molecular weight excluding hydrogens is 388 g/mol. The van der Waals surface area contributed by atoms with E-state index in [1.165, 1.54) is 7.05 Å². The lowest BCUT2D eigenvalue weighted by Crippen LogP contribution is -2.21. The Kier molecular flexibility index (Phi) is 2.98. The average molecular weight is 400 g/mol. The molecule has 30 heavy (non-hydrogen) atoms. The van der Waals surface area contributed by atoms with Gasteiger partial charge in [-0.3, -0.25) is 14.2 Å². The van der Waals surface area contributed by atoms with Crippen LogP contribution in [0.4, 0.5) is 4.79 Å². The lowest BCUT2D eigenvalue weighted by atomic mass is 10.1. The highest BCUT2D eigenvalue weighted by molar-refractivity contribution is 6.31. The second kappa shape index (κ2) is 5.38. The summed E-state index contributed by atoms with van der Waals surface area (Å²) in [5.41, 5.74) is 0.415. The van der Waals surface area contributed by atoms with Gasteiger partial charge in [0.25, 0.3) is 11.1 Å². The summed E-state index contributed by atoms with van der Waals surface area (Å²) in [6.07, 6.45) is -1.24. The number of aromatic nitrogens is 2. The first-order chi connectivity index (χ1) is 14.5. The lowest BCUT2D eigenvalue weighted by Gasteiger charge is -2.06.